The lowest BCUT2D eigenvalue weighted by Crippen LogP contribution is -2.43. The molecule has 150 valence electrons. The highest BCUT2D eigenvalue weighted by atomic mass is 35.5. The molecule has 0 spiro atoms. The average Bonchev–Trinajstić information content (AvgIpc) is 3.28. The van der Waals surface area contributed by atoms with Crippen molar-refractivity contribution in [3.8, 4) is 0 Å². The minimum Gasteiger partial charge on any atom is -0.301 e. The van der Waals surface area contributed by atoms with Gasteiger partial charge < -0.3 is 10.2 Å². The number of hydrogen-bond donors (Lipinski definition) is 1. The van der Waals surface area contributed by atoms with E-state index < -0.39 is 16.1 Å². The van der Waals surface area contributed by atoms with Crippen LogP contribution in [0, 0.1) is 0 Å². The van der Waals surface area contributed by atoms with E-state index in [1.807, 2.05) is 0 Å². The van der Waals surface area contributed by atoms with Gasteiger partial charge in [-0.15, -0.1) is 11.3 Å². The highest BCUT2D eigenvalue weighted by Crippen LogP contribution is 2.30. The second-order valence-electron chi connectivity index (χ2n) is 7.09. The van der Waals surface area contributed by atoms with E-state index in [9.17, 15) is 13.2 Å². The van der Waals surface area contributed by atoms with E-state index >= 15 is 0 Å². The van der Waals surface area contributed by atoms with E-state index in [0.29, 0.717) is 29.5 Å². The van der Waals surface area contributed by atoms with Crippen LogP contribution in [0.1, 0.15) is 23.4 Å². The normalized spacial score (nSPS) is 20.9. The van der Waals surface area contributed by atoms with Crippen LogP contribution in [-0.2, 0) is 27.8 Å². The molecule has 28 heavy (non-hydrogen) atoms. The van der Waals surface area contributed by atoms with Crippen LogP contribution in [0.25, 0.3) is 0 Å². The summed E-state index contributed by atoms with van der Waals surface area (Å²) in [6.45, 7) is 2.09. The maximum atomic E-state index is 13.0. The van der Waals surface area contributed by atoms with Crippen molar-refractivity contribution in [2.45, 2.75) is 36.7 Å². The number of carbonyl (C=O) groups excluding carboxylic acids is 1. The smallest absolute Gasteiger partial charge is 0.244 e. The highest BCUT2D eigenvalue weighted by molar-refractivity contribution is 7.89. The van der Waals surface area contributed by atoms with Crippen LogP contribution in [0.2, 0.25) is 5.02 Å². The van der Waals surface area contributed by atoms with Gasteiger partial charge in [-0.3, -0.25) is 4.79 Å². The SMILES string of the molecule is CN1CCc2nc(NC(=O)C3CCCN3S(=O)(=O)c3ccc(Cl)cc3)sc2C1. The molecule has 1 saturated heterocycles. The van der Waals surface area contributed by atoms with Gasteiger partial charge in [0.15, 0.2) is 5.13 Å². The molecule has 1 atom stereocenters. The number of aromatic nitrogens is 1. The molecular weight excluding hydrogens is 420 g/mol. The predicted octanol–water partition coefficient (Wildman–Crippen LogP) is 2.58. The standard InChI is InChI=1S/C18H21ClN4O3S2/c1-22-10-8-14-16(11-22)27-18(20-14)21-17(24)15-3-2-9-23(15)28(25,26)13-6-4-12(19)5-7-13/h4-7,15H,2-3,8-11H2,1H3,(H,20,21,24). The van der Waals surface area contributed by atoms with Crippen molar-refractivity contribution in [2.75, 3.05) is 25.5 Å². The van der Waals surface area contributed by atoms with Crippen LogP contribution in [-0.4, -0.2) is 54.7 Å². The van der Waals surface area contributed by atoms with Gasteiger partial charge in [-0.25, -0.2) is 13.4 Å². The van der Waals surface area contributed by atoms with Crippen LogP contribution >= 0.6 is 22.9 Å². The van der Waals surface area contributed by atoms with Crippen molar-refractivity contribution in [3.05, 3.63) is 39.9 Å². The van der Waals surface area contributed by atoms with Crippen LogP contribution in [0.15, 0.2) is 29.2 Å². The summed E-state index contributed by atoms with van der Waals surface area (Å²) >= 11 is 7.33. The number of fused-ring (bicyclic) bond motifs is 1. The van der Waals surface area contributed by atoms with Crippen molar-refractivity contribution in [1.82, 2.24) is 14.2 Å². The summed E-state index contributed by atoms with van der Waals surface area (Å²) in [7, 11) is -1.71. The van der Waals surface area contributed by atoms with Gasteiger partial charge in [-0.1, -0.05) is 11.6 Å². The van der Waals surface area contributed by atoms with Gasteiger partial charge in [0.25, 0.3) is 0 Å². The molecule has 0 saturated carbocycles. The summed E-state index contributed by atoms with van der Waals surface area (Å²) in [5.74, 6) is -0.325. The summed E-state index contributed by atoms with van der Waals surface area (Å²) in [5.41, 5.74) is 1.02. The third-order valence-electron chi connectivity index (χ3n) is 5.08. The molecule has 1 fully saturated rings. The third-order valence-corrected chi connectivity index (χ3v) is 8.25. The Morgan fingerprint density at radius 2 is 2.04 bits per heavy atom. The summed E-state index contributed by atoms with van der Waals surface area (Å²) in [4.78, 5) is 20.9. The second-order valence-corrected chi connectivity index (χ2v) is 10.5. The molecule has 1 amide bonds. The number of anilines is 1. The molecule has 10 heteroatoms. The first-order chi connectivity index (χ1) is 13.3. The maximum absolute atomic E-state index is 13.0. The van der Waals surface area contributed by atoms with Gasteiger partial charge in [0.05, 0.1) is 10.6 Å². The first-order valence-corrected chi connectivity index (χ1v) is 11.7. The van der Waals surface area contributed by atoms with Crippen LogP contribution in [0.5, 0.6) is 0 Å². The number of benzene rings is 1. The molecule has 2 aromatic rings. The number of sulfonamides is 1. The lowest BCUT2D eigenvalue weighted by atomic mass is 10.2. The molecule has 1 unspecified atom stereocenters. The lowest BCUT2D eigenvalue weighted by molar-refractivity contribution is -0.119. The van der Waals surface area contributed by atoms with Gasteiger partial charge in [0.2, 0.25) is 15.9 Å². The Hall–Kier alpha value is -1.52. The summed E-state index contributed by atoms with van der Waals surface area (Å²) in [6.07, 6.45) is 2.00. The molecule has 2 aliphatic rings. The van der Waals surface area contributed by atoms with E-state index in [-0.39, 0.29) is 10.8 Å². The number of amides is 1. The van der Waals surface area contributed by atoms with E-state index in [1.165, 1.54) is 39.9 Å². The second kappa shape index (κ2) is 7.72. The van der Waals surface area contributed by atoms with Crippen molar-refractivity contribution in [3.63, 3.8) is 0 Å². The monoisotopic (exact) mass is 440 g/mol. The van der Waals surface area contributed by atoms with Gasteiger partial charge in [-0.2, -0.15) is 4.31 Å². The number of nitrogens with zero attached hydrogens (tertiary/aromatic N) is 3. The molecule has 1 aromatic heterocycles. The molecule has 2 aliphatic heterocycles. The quantitative estimate of drug-likeness (QED) is 0.790. The Labute approximate surface area is 173 Å². The Kier molecular flexibility index (Phi) is 5.45. The van der Waals surface area contributed by atoms with Crippen LogP contribution < -0.4 is 5.32 Å². The van der Waals surface area contributed by atoms with Crippen molar-refractivity contribution >= 4 is 44.0 Å². The fourth-order valence-corrected chi connectivity index (χ4v) is 6.47. The van der Waals surface area contributed by atoms with Gasteiger partial charge in [-0.05, 0) is 44.2 Å². The summed E-state index contributed by atoms with van der Waals surface area (Å²) in [6, 6.07) is 5.28. The fraction of sp³-hybridized carbons (Fsp3) is 0.444. The molecular formula is C18H21ClN4O3S2. The van der Waals surface area contributed by atoms with E-state index in [2.05, 4.69) is 22.2 Å². The average molecular weight is 441 g/mol. The Morgan fingerprint density at radius 1 is 1.29 bits per heavy atom. The number of nitrogens with one attached hydrogen (secondary N) is 1. The molecule has 0 aliphatic carbocycles. The predicted molar refractivity (Wildman–Crippen MR) is 109 cm³/mol. The molecule has 1 N–H and O–H groups in total. The van der Waals surface area contributed by atoms with Gasteiger partial charge in [0, 0.05) is 36.0 Å². The molecule has 0 radical (unpaired) electrons. The molecule has 1 aromatic carbocycles. The minimum atomic E-state index is -3.76. The molecule has 3 heterocycles. The zero-order valence-electron chi connectivity index (χ0n) is 15.4. The summed E-state index contributed by atoms with van der Waals surface area (Å²) in [5, 5.41) is 3.85. The Morgan fingerprint density at radius 3 is 2.79 bits per heavy atom. The number of carbonyl (C=O) groups is 1. The van der Waals surface area contributed by atoms with E-state index in [1.54, 1.807) is 0 Å². The molecule has 0 bridgehead atoms. The first kappa shape index (κ1) is 19.8. The topological polar surface area (TPSA) is 82.6 Å². The zero-order chi connectivity index (χ0) is 19.9. The number of rotatable bonds is 4. The van der Waals surface area contributed by atoms with Crippen LogP contribution in [0.4, 0.5) is 5.13 Å². The fourth-order valence-electron chi connectivity index (χ4n) is 3.60. The summed E-state index contributed by atoms with van der Waals surface area (Å²) < 4.78 is 27.3. The largest absolute Gasteiger partial charge is 0.301 e. The lowest BCUT2D eigenvalue weighted by Gasteiger charge is -2.23. The van der Waals surface area contributed by atoms with E-state index in [0.717, 1.165) is 30.1 Å². The number of halogens is 1. The van der Waals surface area contributed by atoms with E-state index in [4.69, 9.17) is 11.6 Å². The van der Waals surface area contributed by atoms with Crippen molar-refractivity contribution in [1.29, 1.82) is 0 Å². The van der Waals surface area contributed by atoms with Gasteiger partial charge >= 0.3 is 0 Å². The molecule has 4 rings (SSSR count). The number of likely N-dealkylation sites (N-methyl/N-ethyl adjacent to an activating group) is 1. The zero-order valence-corrected chi connectivity index (χ0v) is 17.8. The Balaban J connectivity index is 1.52. The highest BCUT2D eigenvalue weighted by Gasteiger charge is 2.39. The van der Waals surface area contributed by atoms with Gasteiger partial charge in [0.1, 0.15) is 6.04 Å². The molecule has 7 nitrogen and oxygen atoms in total. The van der Waals surface area contributed by atoms with Crippen molar-refractivity contribution < 1.29 is 13.2 Å². The van der Waals surface area contributed by atoms with Crippen molar-refractivity contribution in [2.24, 2.45) is 0 Å². The minimum absolute atomic E-state index is 0.143. The third kappa shape index (κ3) is 3.81. The Bertz CT molecular complexity index is 991. The number of hydrogen-bond acceptors (Lipinski definition) is 6. The first-order valence-electron chi connectivity index (χ1n) is 9.10. The maximum Gasteiger partial charge on any atom is 0.244 e. The van der Waals surface area contributed by atoms with Crippen LogP contribution in [0.3, 0.4) is 0 Å². The number of thiazole rings is 1.